The van der Waals surface area contributed by atoms with Crippen LogP contribution in [0.2, 0.25) is 0 Å². The van der Waals surface area contributed by atoms with Gasteiger partial charge < -0.3 is 14.6 Å². The number of hydrogen-bond donors (Lipinski definition) is 1. The van der Waals surface area contributed by atoms with Crippen LogP contribution in [-0.2, 0) is 33.2 Å². The molecule has 1 saturated carbocycles. The molecule has 12 nitrogen and oxygen atoms in total. The highest BCUT2D eigenvalue weighted by Crippen LogP contribution is 2.46. The van der Waals surface area contributed by atoms with Crippen LogP contribution in [0.25, 0.3) is 10.9 Å². The number of fused-ring (bicyclic) bond motifs is 1. The van der Waals surface area contributed by atoms with Crippen molar-refractivity contribution in [2.75, 3.05) is 6.61 Å². The largest absolute Gasteiger partial charge is 0.474 e. The first-order valence-corrected chi connectivity index (χ1v) is 13.5. The highest BCUT2D eigenvalue weighted by molar-refractivity contribution is 7.92. The third-order valence-corrected chi connectivity index (χ3v) is 9.45. The topological polar surface area (TPSA) is 169 Å². The third-order valence-electron chi connectivity index (χ3n) is 6.95. The minimum Gasteiger partial charge on any atom is -0.474 e. The van der Waals surface area contributed by atoms with Crippen molar-refractivity contribution in [1.82, 2.24) is 19.2 Å². The number of nitriles is 1. The number of aromatic nitrogens is 2. The van der Waals surface area contributed by atoms with E-state index < -0.39 is 38.1 Å². The molecule has 0 bridgehead atoms. The Morgan fingerprint density at radius 1 is 1.13 bits per heavy atom. The fraction of sp³-hybridized carbons (Fsp3) is 0.308. The summed E-state index contributed by atoms with van der Waals surface area (Å²) in [7, 11) is -2.83. The first kappa shape index (κ1) is 26.1. The highest BCUT2D eigenvalue weighted by Gasteiger charge is 2.61. The van der Waals surface area contributed by atoms with Crippen LogP contribution in [0.1, 0.15) is 47.2 Å². The van der Waals surface area contributed by atoms with Gasteiger partial charge in [-0.1, -0.05) is 12.1 Å². The van der Waals surface area contributed by atoms with Gasteiger partial charge in [0.25, 0.3) is 21.5 Å². The normalized spacial score (nSPS) is 16.3. The monoisotopic (exact) mass is 549 g/mol. The molecule has 1 aromatic carbocycles. The summed E-state index contributed by atoms with van der Waals surface area (Å²) in [4.78, 5) is 54.2. The number of imide groups is 1. The smallest absolute Gasteiger partial charge is 0.263 e. The van der Waals surface area contributed by atoms with Gasteiger partial charge in [0.15, 0.2) is 0 Å². The molecule has 1 aliphatic heterocycles. The summed E-state index contributed by atoms with van der Waals surface area (Å²) >= 11 is 0. The average molecular weight is 550 g/mol. The van der Waals surface area contributed by atoms with Crippen molar-refractivity contribution in [1.29, 1.82) is 5.26 Å². The molecule has 0 unspecified atom stereocenters. The van der Waals surface area contributed by atoms with E-state index in [4.69, 9.17) is 10.00 Å². The SMILES string of the molecule is Cn1c(=O)c(C(=O)NCc2ccc(C#N)cc2)cc2ccnc(OCC3(S(=O)(=O)N4C(=O)CCC4=O)CC3)c21. The van der Waals surface area contributed by atoms with Crippen molar-refractivity contribution in [2.24, 2.45) is 7.05 Å². The molecule has 0 atom stereocenters. The molecule has 1 N–H and O–H groups in total. The van der Waals surface area contributed by atoms with Gasteiger partial charge >= 0.3 is 0 Å². The lowest BCUT2D eigenvalue weighted by atomic mass is 10.1. The summed E-state index contributed by atoms with van der Waals surface area (Å²) in [5.41, 5.74) is 0.778. The van der Waals surface area contributed by atoms with E-state index >= 15 is 0 Å². The minimum atomic E-state index is -4.27. The molecule has 1 aliphatic carbocycles. The fourth-order valence-electron chi connectivity index (χ4n) is 4.48. The lowest BCUT2D eigenvalue weighted by molar-refractivity contribution is -0.132. The van der Waals surface area contributed by atoms with Crippen molar-refractivity contribution in [3.63, 3.8) is 0 Å². The summed E-state index contributed by atoms with van der Waals surface area (Å²) in [6.45, 7) is -0.214. The van der Waals surface area contributed by atoms with Gasteiger partial charge in [0.2, 0.25) is 17.7 Å². The Bertz CT molecular complexity index is 1720. The van der Waals surface area contributed by atoms with Gasteiger partial charge in [-0.3, -0.25) is 19.2 Å². The predicted molar refractivity (Wildman–Crippen MR) is 137 cm³/mol. The standard InChI is InChI=1S/C26H23N5O7S/c1-30-22-18(12-19(25(30)35)23(34)29-14-17-4-2-16(13-27)3-5-17)8-11-28-24(22)38-15-26(9-10-26)39(36,37)31-20(32)6-7-21(31)33/h2-5,8,11-12H,6-7,9-10,14-15H2,1H3,(H,29,34). The number of amides is 3. The third kappa shape index (κ3) is 4.52. The molecule has 3 heterocycles. The Morgan fingerprint density at radius 2 is 1.79 bits per heavy atom. The molecule has 0 radical (unpaired) electrons. The highest BCUT2D eigenvalue weighted by atomic mass is 32.2. The summed E-state index contributed by atoms with van der Waals surface area (Å²) < 4.78 is 32.2. The molecule has 200 valence electrons. The number of nitrogens with one attached hydrogen (secondary N) is 1. The number of ether oxygens (including phenoxy) is 1. The Morgan fingerprint density at radius 3 is 2.41 bits per heavy atom. The van der Waals surface area contributed by atoms with Crippen molar-refractivity contribution in [3.05, 3.63) is 69.6 Å². The number of benzene rings is 1. The van der Waals surface area contributed by atoms with Crippen LogP contribution in [0.3, 0.4) is 0 Å². The van der Waals surface area contributed by atoms with Crippen molar-refractivity contribution >= 4 is 38.6 Å². The maximum Gasteiger partial charge on any atom is 0.263 e. The van der Waals surface area contributed by atoms with Crippen LogP contribution in [-0.4, -0.2) is 51.3 Å². The second kappa shape index (κ2) is 9.63. The summed E-state index contributed by atoms with van der Waals surface area (Å²) in [5, 5.41) is 12.1. The number of aryl methyl sites for hydroxylation is 1. The molecular formula is C26H23N5O7S. The Balaban J connectivity index is 1.37. The summed E-state index contributed by atoms with van der Waals surface area (Å²) in [5.74, 6) is -2.11. The summed E-state index contributed by atoms with van der Waals surface area (Å²) in [6.07, 6.45) is 1.53. The molecule has 2 aromatic heterocycles. The maximum absolute atomic E-state index is 13.1. The lowest BCUT2D eigenvalue weighted by Gasteiger charge is -2.22. The molecule has 0 spiro atoms. The predicted octanol–water partition coefficient (Wildman–Crippen LogP) is 1.13. The number of pyridine rings is 2. The van der Waals surface area contributed by atoms with E-state index in [1.165, 1.54) is 23.9 Å². The first-order chi connectivity index (χ1) is 18.6. The summed E-state index contributed by atoms with van der Waals surface area (Å²) in [6, 6.07) is 11.7. The number of carbonyl (C=O) groups is 3. The van der Waals surface area contributed by atoms with Gasteiger partial charge in [-0.15, -0.1) is 0 Å². The maximum atomic E-state index is 13.1. The lowest BCUT2D eigenvalue weighted by Crippen LogP contribution is -2.45. The molecule has 13 heteroatoms. The van der Waals surface area contributed by atoms with E-state index in [2.05, 4.69) is 10.3 Å². The number of hydrogen-bond acceptors (Lipinski definition) is 9. The zero-order valence-electron chi connectivity index (χ0n) is 20.8. The van der Waals surface area contributed by atoms with Gasteiger partial charge in [0.05, 0.1) is 11.6 Å². The van der Waals surface area contributed by atoms with Crippen molar-refractivity contribution in [2.45, 2.75) is 37.0 Å². The zero-order chi connectivity index (χ0) is 27.9. The molecule has 2 aliphatic rings. The molecular weight excluding hydrogens is 526 g/mol. The first-order valence-electron chi connectivity index (χ1n) is 12.1. The molecule has 5 rings (SSSR count). The van der Waals surface area contributed by atoms with E-state index in [0.717, 1.165) is 5.56 Å². The van der Waals surface area contributed by atoms with Crippen LogP contribution < -0.4 is 15.6 Å². The van der Waals surface area contributed by atoms with E-state index in [1.807, 2.05) is 6.07 Å². The Labute approximate surface area is 222 Å². The zero-order valence-corrected chi connectivity index (χ0v) is 21.7. The fourth-order valence-corrected chi connectivity index (χ4v) is 6.41. The van der Waals surface area contributed by atoms with Crippen molar-refractivity contribution < 1.29 is 27.5 Å². The van der Waals surface area contributed by atoms with Gasteiger partial charge in [0, 0.05) is 38.0 Å². The molecule has 39 heavy (non-hydrogen) atoms. The number of sulfonamides is 1. The minimum absolute atomic E-state index is 0.0165. The molecule has 3 amide bonds. The molecule has 3 aromatic rings. The van der Waals surface area contributed by atoms with Crippen molar-refractivity contribution in [3.8, 4) is 11.9 Å². The van der Waals surface area contributed by atoms with Crippen LogP contribution in [0.15, 0.2) is 47.4 Å². The van der Waals surface area contributed by atoms with Gasteiger partial charge in [-0.05, 0) is 42.7 Å². The Kier molecular flexibility index (Phi) is 6.43. The van der Waals surface area contributed by atoms with Crippen LogP contribution in [0, 0.1) is 11.3 Å². The quantitative estimate of drug-likeness (QED) is 0.405. The van der Waals surface area contributed by atoms with E-state index in [-0.39, 0.29) is 55.8 Å². The van der Waals surface area contributed by atoms with E-state index in [9.17, 15) is 27.6 Å². The van der Waals surface area contributed by atoms with E-state index in [0.29, 0.717) is 15.3 Å². The number of rotatable bonds is 8. The average Bonchev–Trinajstić information content (AvgIpc) is 3.66. The van der Waals surface area contributed by atoms with Gasteiger partial charge in [0.1, 0.15) is 22.4 Å². The van der Waals surface area contributed by atoms with Crippen LogP contribution >= 0.6 is 0 Å². The molecule has 1 saturated heterocycles. The van der Waals surface area contributed by atoms with Crippen LogP contribution in [0.4, 0.5) is 0 Å². The Hall–Kier alpha value is -4.57. The van der Waals surface area contributed by atoms with Gasteiger partial charge in [-0.2, -0.15) is 9.57 Å². The second-order valence-corrected chi connectivity index (χ2v) is 11.7. The second-order valence-electron chi connectivity index (χ2n) is 9.50. The number of nitrogens with zero attached hydrogens (tertiary/aromatic N) is 4. The molecule has 2 fully saturated rings. The number of carbonyl (C=O) groups excluding carboxylic acids is 3. The van der Waals surface area contributed by atoms with Gasteiger partial charge in [-0.25, -0.2) is 13.4 Å². The van der Waals surface area contributed by atoms with E-state index in [1.54, 1.807) is 30.3 Å². The van der Waals surface area contributed by atoms with Crippen LogP contribution in [0.5, 0.6) is 5.88 Å².